The molecule has 0 saturated carbocycles. The van der Waals surface area contributed by atoms with Crippen LogP contribution in [0.3, 0.4) is 0 Å². The van der Waals surface area contributed by atoms with E-state index < -0.39 is 23.6 Å². The standard InChI is InChI=1S/C20H21F3N2O4/c1-12(2)29-16-8-7-14(11-17(16)28-3)19(27)25-24-18(26)10-13-5-4-6-15(9-13)20(21,22)23/h4-9,11-12H,10H2,1-3H3,(H,24,26)(H,25,27). The summed E-state index contributed by atoms with van der Waals surface area (Å²) in [4.78, 5) is 24.2. The Hall–Kier alpha value is -3.23. The Morgan fingerprint density at radius 2 is 1.76 bits per heavy atom. The van der Waals surface area contributed by atoms with Crippen molar-refractivity contribution in [2.45, 2.75) is 32.5 Å². The summed E-state index contributed by atoms with van der Waals surface area (Å²) < 4.78 is 48.9. The summed E-state index contributed by atoms with van der Waals surface area (Å²) >= 11 is 0. The summed E-state index contributed by atoms with van der Waals surface area (Å²) in [6, 6.07) is 8.94. The van der Waals surface area contributed by atoms with Gasteiger partial charge >= 0.3 is 6.18 Å². The molecule has 0 aromatic heterocycles. The molecular weight excluding hydrogens is 389 g/mol. The van der Waals surface area contributed by atoms with Gasteiger partial charge in [0.1, 0.15) is 0 Å². The number of nitrogens with one attached hydrogen (secondary N) is 2. The minimum absolute atomic E-state index is 0.0845. The van der Waals surface area contributed by atoms with Gasteiger partial charge in [-0.2, -0.15) is 13.2 Å². The van der Waals surface area contributed by atoms with E-state index in [4.69, 9.17) is 9.47 Å². The number of carbonyl (C=O) groups excluding carboxylic acids is 2. The zero-order valence-electron chi connectivity index (χ0n) is 16.1. The highest BCUT2D eigenvalue weighted by Crippen LogP contribution is 2.30. The number of methoxy groups -OCH3 is 1. The molecule has 0 bridgehead atoms. The van der Waals surface area contributed by atoms with Gasteiger partial charge in [-0.05, 0) is 43.7 Å². The lowest BCUT2D eigenvalue weighted by molar-refractivity contribution is -0.137. The molecule has 9 heteroatoms. The Balaban J connectivity index is 1.97. The number of hydrazine groups is 1. The molecule has 0 spiro atoms. The molecule has 2 rings (SSSR count). The number of halogens is 3. The minimum Gasteiger partial charge on any atom is -0.493 e. The third kappa shape index (κ3) is 6.41. The van der Waals surface area contributed by atoms with Crippen LogP contribution in [0.15, 0.2) is 42.5 Å². The van der Waals surface area contributed by atoms with Crippen LogP contribution in [0.2, 0.25) is 0 Å². The van der Waals surface area contributed by atoms with Crippen LogP contribution in [0.25, 0.3) is 0 Å². The fourth-order valence-corrected chi connectivity index (χ4v) is 2.45. The number of benzene rings is 2. The van der Waals surface area contributed by atoms with Crippen molar-refractivity contribution in [3.05, 3.63) is 59.2 Å². The number of rotatable bonds is 6. The summed E-state index contributed by atoms with van der Waals surface area (Å²) in [5.74, 6) is -0.463. The van der Waals surface area contributed by atoms with Gasteiger partial charge in [-0.25, -0.2) is 0 Å². The van der Waals surface area contributed by atoms with Gasteiger partial charge in [0, 0.05) is 5.56 Å². The number of alkyl halides is 3. The molecular formula is C20H21F3N2O4. The van der Waals surface area contributed by atoms with Gasteiger partial charge in [-0.15, -0.1) is 0 Å². The van der Waals surface area contributed by atoms with Crippen LogP contribution in [0, 0.1) is 0 Å². The number of ether oxygens (including phenoxy) is 2. The smallest absolute Gasteiger partial charge is 0.416 e. The van der Waals surface area contributed by atoms with E-state index in [1.54, 1.807) is 6.07 Å². The molecule has 0 saturated heterocycles. The van der Waals surface area contributed by atoms with E-state index in [2.05, 4.69) is 10.9 Å². The molecule has 2 aromatic carbocycles. The first-order chi connectivity index (χ1) is 13.6. The van der Waals surface area contributed by atoms with E-state index in [9.17, 15) is 22.8 Å². The summed E-state index contributed by atoms with van der Waals surface area (Å²) in [5, 5.41) is 0. The first-order valence-corrected chi connectivity index (χ1v) is 8.70. The molecule has 29 heavy (non-hydrogen) atoms. The average molecular weight is 410 g/mol. The van der Waals surface area contributed by atoms with Gasteiger partial charge in [0.2, 0.25) is 5.91 Å². The monoisotopic (exact) mass is 410 g/mol. The highest BCUT2D eigenvalue weighted by molar-refractivity contribution is 5.96. The molecule has 0 fully saturated rings. The van der Waals surface area contributed by atoms with Crippen LogP contribution in [0.4, 0.5) is 13.2 Å². The number of amides is 2. The molecule has 6 nitrogen and oxygen atoms in total. The SMILES string of the molecule is COc1cc(C(=O)NNC(=O)Cc2cccc(C(F)(F)F)c2)ccc1OC(C)C. The van der Waals surface area contributed by atoms with Crippen LogP contribution < -0.4 is 20.3 Å². The highest BCUT2D eigenvalue weighted by Gasteiger charge is 2.30. The van der Waals surface area contributed by atoms with Crippen molar-refractivity contribution in [1.82, 2.24) is 10.9 Å². The lowest BCUT2D eigenvalue weighted by Crippen LogP contribution is -2.42. The molecule has 2 N–H and O–H groups in total. The second-order valence-electron chi connectivity index (χ2n) is 6.41. The van der Waals surface area contributed by atoms with Gasteiger partial charge in [-0.1, -0.05) is 18.2 Å². The normalized spacial score (nSPS) is 11.1. The van der Waals surface area contributed by atoms with Crippen molar-refractivity contribution in [1.29, 1.82) is 0 Å². The van der Waals surface area contributed by atoms with Crippen molar-refractivity contribution in [3.8, 4) is 11.5 Å². The molecule has 0 atom stereocenters. The van der Waals surface area contributed by atoms with Crippen molar-refractivity contribution in [2.75, 3.05) is 7.11 Å². The Kier molecular flexibility index (Phi) is 7.08. The van der Waals surface area contributed by atoms with Crippen molar-refractivity contribution < 1.29 is 32.2 Å². The summed E-state index contributed by atoms with van der Waals surface area (Å²) in [6.45, 7) is 3.69. The molecule has 0 radical (unpaired) electrons. The molecule has 2 amide bonds. The fourth-order valence-electron chi connectivity index (χ4n) is 2.45. The van der Waals surface area contributed by atoms with Crippen LogP contribution in [0.1, 0.15) is 35.3 Å². The summed E-state index contributed by atoms with van der Waals surface area (Å²) in [6.07, 6.45) is -4.90. The van der Waals surface area contributed by atoms with Gasteiger partial charge in [0.05, 0.1) is 25.2 Å². The van der Waals surface area contributed by atoms with E-state index in [1.807, 2.05) is 13.8 Å². The molecule has 0 heterocycles. The van der Waals surface area contributed by atoms with Crippen LogP contribution in [-0.2, 0) is 17.4 Å². The Bertz CT molecular complexity index is 882. The topological polar surface area (TPSA) is 76.7 Å². The van der Waals surface area contributed by atoms with Gasteiger partial charge in [0.25, 0.3) is 5.91 Å². The maximum atomic E-state index is 12.7. The number of carbonyl (C=O) groups is 2. The van der Waals surface area contributed by atoms with E-state index in [0.29, 0.717) is 11.5 Å². The lowest BCUT2D eigenvalue weighted by Gasteiger charge is -2.14. The van der Waals surface area contributed by atoms with Crippen molar-refractivity contribution >= 4 is 11.8 Å². The third-order valence-electron chi connectivity index (χ3n) is 3.72. The van der Waals surface area contributed by atoms with E-state index in [1.165, 1.54) is 31.4 Å². The average Bonchev–Trinajstić information content (AvgIpc) is 2.65. The predicted octanol–water partition coefficient (Wildman–Crippen LogP) is 3.50. The maximum absolute atomic E-state index is 12.7. The molecule has 156 valence electrons. The van der Waals surface area contributed by atoms with Gasteiger partial charge < -0.3 is 9.47 Å². The minimum atomic E-state index is -4.49. The lowest BCUT2D eigenvalue weighted by atomic mass is 10.1. The molecule has 0 aliphatic carbocycles. The van der Waals surface area contributed by atoms with E-state index in [0.717, 1.165) is 12.1 Å². The molecule has 2 aromatic rings. The second kappa shape index (κ2) is 9.31. The third-order valence-corrected chi connectivity index (χ3v) is 3.72. The van der Waals surface area contributed by atoms with Crippen molar-refractivity contribution in [3.63, 3.8) is 0 Å². The number of hydrogen-bond donors (Lipinski definition) is 2. The zero-order valence-corrected chi connectivity index (χ0v) is 16.1. The summed E-state index contributed by atoms with van der Waals surface area (Å²) in [7, 11) is 1.43. The van der Waals surface area contributed by atoms with E-state index >= 15 is 0 Å². The first-order valence-electron chi connectivity index (χ1n) is 8.70. The largest absolute Gasteiger partial charge is 0.493 e. The molecule has 0 aliphatic rings. The van der Waals surface area contributed by atoms with Crippen LogP contribution >= 0.6 is 0 Å². The fraction of sp³-hybridized carbons (Fsp3) is 0.300. The second-order valence-corrected chi connectivity index (χ2v) is 6.41. The number of hydrogen-bond acceptors (Lipinski definition) is 4. The maximum Gasteiger partial charge on any atom is 0.416 e. The van der Waals surface area contributed by atoms with Gasteiger partial charge in [0.15, 0.2) is 11.5 Å². The first kappa shape index (κ1) is 22.1. The molecule has 0 aliphatic heterocycles. The van der Waals surface area contributed by atoms with Crippen LogP contribution in [0.5, 0.6) is 11.5 Å². The molecule has 0 unspecified atom stereocenters. The van der Waals surface area contributed by atoms with Crippen molar-refractivity contribution in [2.24, 2.45) is 0 Å². The van der Waals surface area contributed by atoms with E-state index in [-0.39, 0.29) is 23.7 Å². The highest BCUT2D eigenvalue weighted by atomic mass is 19.4. The van der Waals surface area contributed by atoms with Gasteiger partial charge in [-0.3, -0.25) is 20.4 Å². The zero-order chi connectivity index (χ0) is 21.6. The van der Waals surface area contributed by atoms with Crippen LogP contribution in [-0.4, -0.2) is 25.0 Å². The predicted molar refractivity (Wildman–Crippen MR) is 99.5 cm³/mol. The quantitative estimate of drug-likeness (QED) is 0.715. The Morgan fingerprint density at radius 1 is 1.03 bits per heavy atom. The Labute approximate surface area is 166 Å². The summed E-state index contributed by atoms with van der Waals surface area (Å²) in [5.41, 5.74) is 3.93. The Morgan fingerprint density at radius 3 is 2.38 bits per heavy atom.